The summed E-state index contributed by atoms with van der Waals surface area (Å²) in [6.07, 6.45) is 1.55. The van der Waals surface area contributed by atoms with Gasteiger partial charge in [0.25, 0.3) is 5.56 Å². The van der Waals surface area contributed by atoms with Crippen molar-refractivity contribution in [3.8, 4) is 22.8 Å². The molecule has 0 fully saturated rings. The summed E-state index contributed by atoms with van der Waals surface area (Å²) >= 11 is 0. The summed E-state index contributed by atoms with van der Waals surface area (Å²) in [6, 6.07) is 11.0. The van der Waals surface area contributed by atoms with E-state index in [9.17, 15) is 24.1 Å². The molecule has 216 valence electrons. The number of benzene rings is 2. The van der Waals surface area contributed by atoms with Crippen LogP contribution in [0.4, 0.5) is 10.1 Å². The van der Waals surface area contributed by atoms with Crippen LogP contribution in [0.5, 0.6) is 11.5 Å². The summed E-state index contributed by atoms with van der Waals surface area (Å²) < 4.78 is 31.5. The van der Waals surface area contributed by atoms with Gasteiger partial charge in [0.05, 0.1) is 37.0 Å². The Balaban J connectivity index is 1.66. The maximum Gasteiger partial charge on any atom is 0.338 e. The number of aromatic nitrogens is 3. The Kier molecular flexibility index (Phi) is 7.49. The van der Waals surface area contributed by atoms with Gasteiger partial charge < -0.3 is 24.2 Å². The average Bonchev–Trinajstić information content (AvgIpc) is 3.56. The van der Waals surface area contributed by atoms with Gasteiger partial charge in [0, 0.05) is 28.6 Å². The Morgan fingerprint density at radius 2 is 1.93 bits per heavy atom. The van der Waals surface area contributed by atoms with Gasteiger partial charge in [-0.3, -0.25) is 19.5 Å². The lowest BCUT2D eigenvalue weighted by Crippen LogP contribution is -2.40. The van der Waals surface area contributed by atoms with Crippen molar-refractivity contribution in [2.24, 2.45) is 4.99 Å². The highest BCUT2D eigenvalue weighted by molar-refractivity contribution is 5.91. The van der Waals surface area contributed by atoms with Crippen LogP contribution in [0, 0.1) is 15.9 Å². The third kappa shape index (κ3) is 4.96. The third-order valence-electron chi connectivity index (χ3n) is 6.81. The van der Waals surface area contributed by atoms with Crippen molar-refractivity contribution in [3.05, 3.63) is 108 Å². The molecule has 2 N–H and O–H groups in total. The molecule has 0 aliphatic carbocycles. The van der Waals surface area contributed by atoms with Crippen LogP contribution in [0.25, 0.3) is 17.3 Å². The zero-order valence-corrected chi connectivity index (χ0v) is 23.1. The van der Waals surface area contributed by atoms with E-state index >= 15 is 0 Å². The number of hydrogen-bond acceptors (Lipinski definition) is 8. The van der Waals surface area contributed by atoms with E-state index in [0.29, 0.717) is 39.7 Å². The van der Waals surface area contributed by atoms with Crippen LogP contribution in [0.2, 0.25) is 0 Å². The highest BCUT2D eigenvalue weighted by Crippen LogP contribution is 2.37. The molecule has 1 aliphatic heterocycles. The first-order valence-electron chi connectivity index (χ1n) is 12.8. The summed E-state index contributed by atoms with van der Waals surface area (Å²) in [7, 11) is 2.99. The number of hydrogen-bond donors (Lipinski definition) is 2. The molecule has 0 saturated heterocycles. The first-order valence-corrected chi connectivity index (χ1v) is 12.8. The lowest BCUT2D eigenvalue weighted by Gasteiger charge is -2.26. The summed E-state index contributed by atoms with van der Waals surface area (Å²) in [5, 5.41) is 11.3. The molecule has 3 heterocycles. The number of carbonyl (C=O) groups is 1. The Bertz CT molecular complexity index is 1940. The second-order valence-corrected chi connectivity index (χ2v) is 9.27. The largest absolute Gasteiger partial charge is 0.497 e. The summed E-state index contributed by atoms with van der Waals surface area (Å²) in [6.45, 7) is 3.46. The fourth-order valence-electron chi connectivity index (χ4n) is 4.88. The van der Waals surface area contributed by atoms with Crippen molar-refractivity contribution in [1.29, 1.82) is 0 Å². The minimum absolute atomic E-state index is 0.123. The number of nitro groups is 1. The Morgan fingerprint density at radius 1 is 1.14 bits per heavy atom. The average molecular weight is 576 g/mol. The molecular weight excluding hydrogens is 549 g/mol. The molecule has 4 aromatic rings. The normalized spacial score (nSPS) is 14.8. The van der Waals surface area contributed by atoms with E-state index in [1.807, 2.05) is 0 Å². The number of carbonyl (C=O) groups excluding carboxylic acids is 1. The van der Waals surface area contributed by atoms with Crippen LogP contribution in [0.1, 0.15) is 31.1 Å². The molecule has 0 spiro atoms. The molecule has 0 radical (unpaired) electrons. The van der Waals surface area contributed by atoms with Crippen molar-refractivity contribution < 1.29 is 28.3 Å². The SMILES string of the molecule is CCOC(=O)C1=C(C)N=c2[nH]/c(=C\c3ccc(-c4ccc(F)c([N+](=O)[O-])c4)[nH]3)c(=O)n2C1c1cc(OC)ccc1OC. The summed E-state index contributed by atoms with van der Waals surface area (Å²) in [5.41, 5.74) is 1.45. The standard InChI is InChI=1S/C29H26FN5O7/c1-5-42-28(37)25-15(2)31-29-33-22(27(36)34(29)26(25)19-14-18(40-3)8-11-24(19)41-4)13-17-7-10-21(32-17)16-6-9-20(30)23(12-16)35(38)39/h6-14,26,32H,5H2,1-4H3,(H,31,33)/b22-13-. The molecule has 13 heteroatoms. The number of fused-ring (bicyclic) bond motifs is 1. The molecular formula is C29H26FN5O7. The Hall–Kier alpha value is -5.46. The van der Waals surface area contributed by atoms with Crippen LogP contribution in [0.15, 0.2) is 69.6 Å². The number of halogens is 1. The number of methoxy groups -OCH3 is 2. The number of H-pyrrole nitrogens is 2. The highest BCUT2D eigenvalue weighted by Gasteiger charge is 2.35. The topological polar surface area (TPSA) is 154 Å². The van der Waals surface area contributed by atoms with Crippen molar-refractivity contribution in [2.75, 3.05) is 20.8 Å². The first kappa shape index (κ1) is 28.1. The molecule has 1 atom stereocenters. The van der Waals surface area contributed by atoms with E-state index in [0.717, 1.165) is 12.1 Å². The third-order valence-corrected chi connectivity index (χ3v) is 6.81. The predicted molar refractivity (Wildman–Crippen MR) is 149 cm³/mol. The quantitative estimate of drug-likeness (QED) is 0.186. The van der Waals surface area contributed by atoms with Crippen LogP contribution in [0.3, 0.4) is 0 Å². The molecule has 5 rings (SSSR count). The lowest BCUT2D eigenvalue weighted by atomic mass is 9.94. The van der Waals surface area contributed by atoms with Crippen molar-refractivity contribution in [1.82, 2.24) is 14.5 Å². The van der Waals surface area contributed by atoms with Crippen molar-refractivity contribution >= 4 is 17.7 Å². The van der Waals surface area contributed by atoms with E-state index in [4.69, 9.17) is 14.2 Å². The number of rotatable bonds is 8. The number of aromatic amines is 2. The smallest absolute Gasteiger partial charge is 0.338 e. The first-order chi connectivity index (χ1) is 20.2. The molecule has 1 aliphatic rings. The maximum absolute atomic E-state index is 13.9. The number of nitrogens with one attached hydrogen (secondary N) is 2. The number of imidazole rings is 1. The minimum atomic E-state index is -0.952. The van der Waals surface area contributed by atoms with E-state index in [2.05, 4.69) is 15.0 Å². The van der Waals surface area contributed by atoms with E-state index in [1.165, 1.54) is 24.9 Å². The van der Waals surface area contributed by atoms with Crippen LogP contribution in [-0.2, 0) is 9.53 Å². The summed E-state index contributed by atoms with van der Waals surface area (Å²) in [5.74, 6) is -0.653. The minimum Gasteiger partial charge on any atom is -0.497 e. The van der Waals surface area contributed by atoms with Gasteiger partial charge in [-0.1, -0.05) is 0 Å². The van der Waals surface area contributed by atoms with Gasteiger partial charge in [-0.05, 0) is 62.4 Å². The van der Waals surface area contributed by atoms with Crippen LogP contribution >= 0.6 is 0 Å². The zero-order valence-electron chi connectivity index (χ0n) is 23.1. The molecule has 42 heavy (non-hydrogen) atoms. The van der Waals surface area contributed by atoms with E-state index in [-0.39, 0.29) is 23.1 Å². The number of nitrogens with zero attached hydrogens (tertiary/aromatic N) is 3. The molecule has 2 aromatic carbocycles. The van der Waals surface area contributed by atoms with Crippen LogP contribution in [-0.4, -0.2) is 46.3 Å². The van der Waals surface area contributed by atoms with Crippen molar-refractivity contribution in [3.63, 3.8) is 0 Å². The number of nitro benzene ring substituents is 1. The monoisotopic (exact) mass is 575 g/mol. The van der Waals surface area contributed by atoms with Gasteiger partial charge in [0.1, 0.15) is 22.9 Å². The molecule has 0 saturated carbocycles. The van der Waals surface area contributed by atoms with Gasteiger partial charge in [-0.2, -0.15) is 4.39 Å². The van der Waals surface area contributed by atoms with Gasteiger partial charge in [-0.25, -0.2) is 9.79 Å². The van der Waals surface area contributed by atoms with Crippen LogP contribution < -0.4 is 26.0 Å². The lowest BCUT2D eigenvalue weighted by molar-refractivity contribution is -0.387. The van der Waals surface area contributed by atoms with Gasteiger partial charge in [-0.15, -0.1) is 0 Å². The second kappa shape index (κ2) is 11.2. The van der Waals surface area contributed by atoms with Gasteiger partial charge >= 0.3 is 11.7 Å². The number of allylic oxidation sites excluding steroid dienone is 1. The molecule has 2 aromatic heterocycles. The second-order valence-electron chi connectivity index (χ2n) is 9.27. The van der Waals surface area contributed by atoms with E-state index in [1.54, 1.807) is 50.3 Å². The summed E-state index contributed by atoms with van der Waals surface area (Å²) in [4.78, 5) is 48.0. The highest BCUT2D eigenvalue weighted by atomic mass is 19.1. The Labute approximate surface area is 237 Å². The fraction of sp³-hybridized carbons (Fsp3) is 0.207. The molecule has 1 unspecified atom stereocenters. The fourth-order valence-corrected chi connectivity index (χ4v) is 4.88. The molecule has 12 nitrogen and oxygen atoms in total. The predicted octanol–water partition coefficient (Wildman–Crippen LogP) is 3.12. The molecule has 0 amide bonds. The van der Waals surface area contributed by atoms with Crippen molar-refractivity contribution in [2.45, 2.75) is 19.9 Å². The van der Waals surface area contributed by atoms with E-state index < -0.39 is 34.0 Å². The van der Waals surface area contributed by atoms with Gasteiger partial charge in [0.15, 0.2) is 0 Å². The Morgan fingerprint density at radius 3 is 2.62 bits per heavy atom. The maximum atomic E-state index is 13.9. The number of ether oxygens (including phenoxy) is 3. The zero-order chi connectivity index (χ0) is 30.1. The number of esters is 1. The van der Waals surface area contributed by atoms with Gasteiger partial charge in [0.2, 0.25) is 11.4 Å². The molecule has 0 bridgehead atoms.